The molecule has 150 valence electrons. The Labute approximate surface area is 167 Å². The van der Waals surface area contributed by atoms with E-state index in [0.717, 1.165) is 35.0 Å². The van der Waals surface area contributed by atoms with E-state index in [1.165, 1.54) is 4.90 Å². The Hall–Kier alpha value is -2.18. The molecule has 0 aliphatic heterocycles. The van der Waals surface area contributed by atoms with Gasteiger partial charge in [-0.05, 0) is 36.1 Å². The first-order valence-corrected chi connectivity index (χ1v) is 8.70. The highest BCUT2D eigenvalue weighted by Gasteiger charge is 2.16. The maximum absolute atomic E-state index is 5.54. The van der Waals surface area contributed by atoms with Crippen molar-refractivity contribution in [2.24, 2.45) is 5.16 Å². The molecule has 6 nitrogen and oxygen atoms in total. The van der Waals surface area contributed by atoms with E-state index < -0.39 is 0 Å². The summed E-state index contributed by atoms with van der Waals surface area (Å²) in [5.41, 5.74) is 1.82. The number of hydrogen-bond donors (Lipinski definition) is 1. The van der Waals surface area contributed by atoms with Crippen molar-refractivity contribution in [1.29, 1.82) is 0 Å². The zero-order valence-corrected chi connectivity index (χ0v) is 17.6. The van der Waals surface area contributed by atoms with Crippen LogP contribution in [0.4, 0.5) is 0 Å². The van der Waals surface area contributed by atoms with Gasteiger partial charge in [0.05, 0.1) is 47.7 Å². The Kier molecular flexibility index (Phi) is 9.18. The van der Waals surface area contributed by atoms with Crippen molar-refractivity contribution >= 4 is 16.5 Å². The summed E-state index contributed by atoms with van der Waals surface area (Å²) in [4.78, 5) is 6.85. The third kappa shape index (κ3) is 5.65. The second kappa shape index (κ2) is 10.8. The lowest BCUT2D eigenvalue weighted by Crippen LogP contribution is -3.05. The zero-order valence-electron chi connectivity index (χ0n) is 16.9. The second-order valence-electron chi connectivity index (χ2n) is 6.40. The molecular formula is C20H29ClN2O4. The van der Waals surface area contributed by atoms with E-state index in [9.17, 15) is 0 Å². The SMILES string of the molecule is COc1cc2cc(/C(C)=N/OCCC[NH+](C)C)ccc2c(OC)c1OC.[Cl-]. The van der Waals surface area contributed by atoms with Gasteiger partial charge in [-0.15, -0.1) is 0 Å². The number of halogens is 1. The van der Waals surface area contributed by atoms with E-state index in [1.54, 1.807) is 21.3 Å². The summed E-state index contributed by atoms with van der Waals surface area (Å²) in [6, 6.07) is 7.99. The topological polar surface area (TPSA) is 53.7 Å². The van der Waals surface area contributed by atoms with E-state index in [1.807, 2.05) is 31.2 Å². The summed E-state index contributed by atoms with van der Waals surface area (Å²) in [6.07, 6.45) is 0.977. The number of fused-ring (bicyclic) bond motifs is 1. The third-order valence-electron chi connectivity index (χ3n) is 4.17. The van der Waals surface area contributed by atoms with Gasteiger partial charge in [-0.1, -0.05) is 11.2 Å². The summed E-state index contributed by atoms with van der Waals surface area (Å²) in [5, 5.41) is 6.18. The Morgan fingerprint density at radius 2 is 1.70 bits per heavy atom. The van der Waals surface area contributed by atoms with Gasteiger partial charge in [-0.2, -0.15) is 0 Å². The van der Waals surface area contributed by atoms with Crippen LogP contribution in [-0.4, -0.2) is 54.3 Å². The summed E-state index contributed by atoms with van der Waals surface area (Å²) in [5.74, 6) is 1.88. The smallest absolute Gasteiger partial charge is 0.203 e. The molecule has 0 aromatic heterocycles. The number of quaternary nitrogens is 1. The van der Waals surface area contributed by atoms with Crippen molar-refractivity contribution in [3.63, 3.8) is 0 Å². The quantitative estimate of drug-likeness (QED) is 0.341. The molecule has 0 aliphatic rings. The van der Waals surface area contributed by atoms with Crippen LogP contribution in [0, 0.1) is 0 Å². The average molecular weight is 397 g/mol. The van der Waals surface area contributed by atoms with Crippen LogP contribution in [0.5, 0.6) is 17.2 Å². The van der Waals surface area contributed by atoms with Gasteiger partial charge in [-0.3, -0.25) is 0 Å². The van der Waals surface area contributed by atoms with Crippen LogP contribution in [0.15, 0.2) is 29.4 Å². The molecule has 0 bridgehead atoms. The molecule has 0 atom stereocenters. The molecule has 0 radical (unpaired) electrons. The van der Waals surface area contributed by atoms with Gasteiger partial charge >= 0.3 is 0 Å². The first kappa shape index (κ1) is 22.9. The van der Waals surface area contributed by atoms with E-state index in [4.69, 9.17) is 19.0 Å². The van der Waals surface area contributed by atoms with Crippen LogP contribution in [-0.2, 0) is 4.84 Å². The lowest BCUT2D eigenvalue weighted by Gasteiger charge is -2.15. The molecule has 0 spiro atoms. The number of methoxy groups -OCH3 is 3. The molecule has 0 heterocycles. The Morgan fingerprint density at radius 1 is 1.00 bits per heavy atom. The van der Waals surface area contributed by atoms with Gasteiger partial charge in [0.1, 0.15) is 6.61 Å². The normalized spacial score (nSPS) is 11.3. The fourth-order valence-electron chi connectivity index (χ4n) is 2.79. The first-order chi connectivity index (χ1) is 12.5. The highest BCUT2D eigenvalue weighted by Crippen LogP contribution is 2.43. The molecule has 0 fully saturated rings. The van der Waals surface area contributed by atoms with E-state index in [0.29, 0.717) is 23.9 Å². The highest BCUT2D eigenvalue weighted by atomic mass is 35.5. The molecule has 27 heavy (non-hydrogen) atoms. The Morgan fingerprint density at radius 3 is 2.30 bits per heavy atom. The minimum absolute atomic E-state index is 0. The van der Waals surface area contributed by atoms with Gasteiger partial charge < -0.3 is 36.4 Å². The number of hydrogen-bond acceptors (Lipinski definition) is 5. The van der Waals surface area contributed by atoms with Crippen molar-refractivity contribution in [3.8, 4) is 17.2 Å². The molecule has 0 saturated heterocycles. The molecule has 0 unspecified atom stereocenters. The molecule has 2 aromatic carbocycles. The minimum Gasteiger partial charge on any atom is -1.00 e. The Balaban J connectivity index is 0.00000364. The zero-order chi connectivity index (χ0) is 19.1. The number of benzene rings is 2. The average Bonchev–Trinajstić information content (AvgIpc) is 2.64. The van der Waals surface area contributed by atoms with Crippen molar-refractivity contribution in [3.05, 3.63) is 29.8 Å². The molecule has 2 aromatic rings. The maximum atomic E-state index is 5.54. The molecule has 0 aliphatic carbocycles. The van der Waals surface area contributed by atoms with E-state index in [-0.39, 0.29) is 12.4 Å². The summed E-state index contributed by atoms with van der Waals surface area (Å²) in [7, 11) is 9.10. The lowest BCUT2D eigenvalue weighted by molar-refractivity contribution is -0.858. The van der Waals surface area contributed by atoms with Gasteiger partial charge in [-0.25, -0.2) is 0 Å². The van der Waals surface area contributed by atoms with Crippen molar-refractivity contribution in [1.82, 2.24) is 0 Å². The van der Waals surface area contributed by atoms with Crippen LogP contribution in [0.3, 0.4) is 0 Å². The fraction of sp³-hybridized carbons (Fsp3) is 0.450. The molecule has 0 saturated carbocycles. The third-order valence-corrected chi connectivity index (χ3v) is 4.17. The van der Waals surface area contributed by atoms with Crippen LogP contribution in [0.25, 0.3) is 10.8 Å². The van der Waals surface area contributed by atoms with Crippen LogP contribution >= 0.6 is 0 Å². The largest absolute Gasteiger partial charge is 1.00 e. The van der Waals surface area contributed by atoms with Crippen LogP contribution in [0.1, 0.15) is 18.9 Å². The monoisotopic (exact) mass is 396 g/mol. The standard InChI is InChI=1S/C20H28N2O4.ClH/c1-14(21-26-11-7-10-22(2)3)15-8-9-17-16(12-15)13-18(23-4)20(25-6)19(17)24-5;/h8-9,12-13H,7,10-11H2,1-6H3;1H/b21-14+;. The molecule has 0 amide bonds. The van der Waals surface area contributed by atoms with E-state index in [2.05, 4.69) is 19.3 Å². The predicted octanol–water partition coefficient (Wildman–Crippen LogP) is -0.855. The molecule has 1 N–H and O–H groups in total. The number of nitrogens with one attached hydrogen (secondary N) is 1. The molecule has 7 heteroatoms. The lowest BCUT2D eigenvalue weighted by atomic mass is 10.0. The van der Waals surface area contributed by atoms with Gasteiger partial charge in [0.15, 0.2) is 11.5 Å². The molecular weight excluding hydrogens is 368 g/mol. The van der Waals surface area contributed by atoms with Gasteiger partial charge in [0, 0.05) is 11.8 Å². The maximum Gasteiger partial charge on any atom is 0.203 e. The summed E-state index contributed by atoms with van der Waals surface area (Å²) < 4.78 is 16.4. The van der Waals surface area contributed by atoms with Gasteiger partial charge in [0.2, 0.25) is 5.75 Å². The summed E-state index contributed by atoms with van der Waals surface area (Å²) >= 11 is 0. The minimum atomic E-state index is 0. The first-order valence-electron chi connectivity index (χ1n) is 8.70. The highest BCUT2D eigenvalue weighted by molar-refractivity contribution is 6.03. The summed E-state index contributed by atoms with van der Waals surface area (Å²) in [6.45, 7) is 3.62. The number of oxime groups is 1. The number of nitrogens with zero attached hydrogens (tertiary/aromatic N) is 1. The second-order valence-corrected chi connectivity index (χ2v) is 6.40. The van der Waals surface area contributed by atoms with Crippen molar-refractivity contribution in [2.75, 3.05) is 48.6 Å². The fourth-order valence-corrected chi connectivity index (χ4v) is 2.79. The number of ether oxygens (including phenoxy) is 3. The van der Waals surface area contributed by atoms with Crippen LogP contribution in [0.2, 0.25) is 0 Å². The van der Waals surface area contributed by atoms with Crippen molar-refractivity contribution in [2.45, 2.75) is 13.3 Å². The molecule has 2 rings (SSSR count). The van der Waals surface area contributed by atoms with Crippen molar-refractivity contribution < 1.29 is 36.4 Å². The predicted molar refractivity (Wildman–Crippen MR) is 104 cm³/mol. The Bertz CT molecular complexity index is 778. The number of rotatable bonds is 9. The van der Waals surface area contributed by atoms with Gasteiger partial charge in [0.25, 0.3) is 0 Å². The van der Waals surface area contributed by atoms with Crippen LogP contribution < -0.4 is 31.5 Å². The van der Waals surface area contributed by atoms with E-state index >= 15 is 0 Å².